The maximum Gasteiger partial charge on any atom is 0.0843 e. The molecule has 0 aliphatic carbocycles. The van der Waals surface area contributed by atoms with Gasteiger partial charge < -0.3 is 20.4 Å². The van der Waals surface area contributed by atoms with Gasteiger partial charge in [-0.05, 0) is 24.3 Å². The van der Waals surface area contributed by atoms with Gasteiger partial charge in [0.25, 0.3) is 0 Å². The number of rotatable bonds is 6. The summed E-state index contributed by atoms with van der Waals surface area (Å²) in [7, 11) is 0. The molecule has 1 heterocycles. The van der Waals surface area contributed by atoms with E-state index in [-0.39, 0.29) is 6.61 Å². The van der Waals surface area contributed by atoms with Gasteiger partial charge in [-0.15, -0.1) is 0 Å². The maximum atomic E-state index is 10.3. The van der Waals surface area contributed by atoms with E-state index in [2.05, 4.69) is 34.5 Å². The zero-order chi connectivity index (χ0) is 15.4. The molecule has 0 aromatic heterocycles. The third-order valence-electron chi connectivity index (χ3n) is 3.59. The molecule has 4 nitrogen and oxygen atoms in total. The number of hydrogen-bond acceptors (Lipinski definition) is 5. The fourth-order valence-corrected chi connectivity index (χ4v) is 3.70. The molecule has 0 unspecified atom stereocenters. The van der Waals surface area contributed by atoms with Crippen molar-refractivity contribution in [1.29, 1.82) is 0 Å². The number of β-amino-alcohol motifs (C(OH)–C–C–N with tert-alkyl or cyclic N) is 1. The zero-order valence-corrected chi connectivity index (χ0v) is 13.1. The standard InChI is InChI=1S/C17H20N2O2S/c20-10-9-18-11-13(21)12-19-14-5-1-3-7-16(14)22-17-8-4-2-6-15(17)19/h1-8,13,18,20-21H,9-12H2/t13-/m1/s1. The molecule has 5 heteroatoms. The molecular formula is C17H20N2O2S. The quantitative estimate of drug-likeness (QED) is 0.714. The minimum Gasteiger partial charge on any atom is -0.395 e. The van der Waals surface area contributed by atoms with Crippen molar-refractivity contribution in [2.24, 2.45) is 0 Å². The van der Waals surface area contributed by atoms with Gasteiger partial charge >= 0.3 is 0 Å². The molecule has 0 saturated carbocycles. The number of aliphatic hydroxyl groups excluding tert-OH is 2. The summed E-state index contributed by atoms with van der Waals surface area (Å²) in [5, 5.41) is 22.1. The van der Waals surface area contributed by atoms with Gasteiger partial charge in [0.05, 0.1) is 30.6 Å². The highest BCUT2D eigenvalue weighted by atomic mass is 32.2. The van der Waals surface area contributed by atoms with E-state index < -0.39 is 6.10 Å². The Hall–Kier alpha value is -1.53. The van der Waals surface area contributed by atoms with Crippen LogP contribution in [-0.2, 0) is 0 Å². The van der Waals surface area contributed by atoms with Gasteiger partial charge in [-0.1, -0.05) is 36.0 Å². The molecule has 1 aliphatic heterocycles. The second-order valence-electron chi connectivity index (χ2n) is 5.23. The average Bonchev–Trinajstić information content (AvgIpc) is 2.55. The van der Waals surface area contributed by atoms with Gasteiger partial charge in [0, 0.05) is 22.9 Å². The highest BCUT2D eigenvalue weighted by Crippen LogP contribution is 2.47. The van der Waals surface area contributed by atoms with Crippen molar-refractivity contribution in [1.82, 2.24) is 5.32 Å². The fraction of sp³-hybridized carbons (Fsp3) is 0.294. The van der Waals surface area contributed by atoms with Crippen LogP contribution in [0.5, 0.6) is 0 Å². The van der Waals surface area contributed by atoms with Crippen molar-refractivity contribution in [2.75, 3.05) is 31.1 Å². The Balaban J connectivity index is 1.83. The summed E-state index contributed by atoms with van der Waals surface area (Å²) < 4.78 is 0. The molecule has 0 radical (unpaired) electrons. The molecule has 2 aromatic carbocycles. The molecule has 3 N–H and O–H groups in total. The summed E-state index contributed by atoms with van der Waals surface area (Å²) in [5.41, 5.74) is 2.26. The molecule has 0 bridgehead atoms. The predicted octanol–water partition coefficient (Wildman–Crippen LogP) is 2.23. The molecule has 2 aromatic rings. The normalized spacial score (nSPS) is 14.4. The highest BCUT2D eigenvalue weighted by molar-refractivity contribution is 7.99. The van der Waals surface area contributed by atoms with Crippen LogP contribution in [0.15, 0.2) is 58.3 Å². The van der Waals surface area contributed by atoms with E-state index in [0.29, 0.717) is 19.6 Å². The molecule has 1 aliphatic rings. The molecule has 0 amide bonds. The van der Waals surface area contributed by atoms with Gasteiger partial charge in [-0.25, -0.2) is 0 Å². The van der Waals surface area contributed by atoms with Crippen molar-refractivity contribution in [2.45, 2.75) is 15.9 Å². The number of benzene rings is 2. The maximum absolute atomic E-state index is 10.3. The lowest BCUT2D eigenvalue weighted by atomic mass is 10.2. The van der Waals surface area contributed by atoms with Gasteiger partial charge in [-0.3, -0.25) is 0 Å². The first-order valence-electron chi connectivity index (χ1n) is 7.42. The number of nitrogens with one attached hydrogen (secondary N) is 1. The lowest BCUT2D eigenvalue weighted by molar-refractivity contribution is 0.175. The number of aliphatic hydroxyl groups is 2. The topological polar surface area (TPSA) is 55.7 Å². The molecule has 0 spiro atoms. The first kappa shape index (κ1) is 15.4. The van der Waals surface area contributed by atoms with Crippen LogP contribution in [0.4, 0.5) is 11.4 Å². The summed E-state index contributed by atoms with van der Waals surface area (Å²) in [6.45, 7) is 1.57. The van der Waals surface area contributed by atoms with Crippen LogP contribution in [-0.4, -0.2) is 42.6 Å². The predicted molar refractivity (Wildman–Crippen MR) is 90.0 cm³/mol. The monoisotopic (exact) mass is 316 g/mol. The molecule has 1 atom stereocenters. The van der Waals surface area contributed by atoms with Crippen LogP contribution in [0.25, 0.3) is 0 Å². The average molecular weight is 316 g/mol. The SMILES string of the molecule is OCCNC[C@@H](O)CN1c2ccccc2Sc2ccccc21. The minimum absolute atomic E-state index is 0.0821. The van der Waals surface area contributed by atoms with Crippen LogP contribution in [0.1, 0.15) is 0 Å². The van der Waals surface area contributed by atoms with Crippen LogP contribution in [0.2, 0.25) is 0 Å². The first-order valence-corrected chi connectivity index (χ1v) is 8.24. The van der Waals surface area contributed by atoms with E-state index in [4.69, 9.17) is 5.11 Å². The molecule has 0 fully saturated rings. The second-order valence-corrected chi connectivity index (χ2v) is 6.31. The van der Waals surface area contributed by atoms with E-state index in [0.717, 1.165) is 11.4 Å². The number of anilines is 2. The Kier molecular flexibility index (Phi) is 5.00. The number of fused-ring (bicyclic) bond motifs is 2. The Bertz CT molecular complexity index is 590. The summed E-state index contributed by atoms with van der Waals surface area (Å²) in [6.07, 6.45) is -0.504. The van der Waals surface area contributed by atoms with Crippen molar-refractivity contribution in [3.63, 3.8) is 0 Å². The lowest BCUT2D eigenvalue weighted by Gasteiger charge is -2.34. The van der Waals surface area contributed by atoms with Crippen molar-refractivity contribution < 1.29 is 10.2 Å². The lowest BCUT2D eigenvalue weighted by Crippen LogP contribution is -2.38. The summed E-state index contributed by atoms with van der Waals surface area (Å²) in [4.78, 5) is 4.58. The van der Waals surface area contributed by atoms with Crippen LogP contribution in [0, 0.1) is 0 Å². The van der Waals surface area contributed by atoms with E-state index in [1.807, 2.05) is 24.3 Å². The summed E-state index contributed by atoms with van der Waals surface area (Å²) >= 11 is 1.76. The van der Waals surface area contributed by atoms with E-state index >= 15 is 0 Å². The Morgan fingerprint density at radius 3 is 2.18 bits per heavy atom. The van der Waals surface area contributed by atoms with Crippen molar-refractivity contribution in [3.8, 4) is 0 Å². The molecule has 3 rings (SSSR count). The van der Waals surface area contributed by atoms with Crippen molar-refractivity contribution >= 4 is 23.1 Å². The Labute approximate surface area is 134 Å². The van der Waals surface area contributed by atoms with Gasteiger partial charge in [-0.2, -0.15) is 0 Å². The second kappa shape index (κ2) is 7.15. The zero-order valence-electron chi connectivity index (χ0n) is 12.3. The summed E-state index contributed by atoms with van der Waals surface area (Å²) in [6, 6.07) is 16.5. The Morgan fingerprint density at radius 1 is 1.00 bits per heavy atom. The van der Waals surface area contributed by atoms with E-state index in [1.54, 1.807) is 11.8 Å². The molecular weight excluding hydrogens is 296 g/mol. The third-order valence-corrected chi connectivity index (χ3v) is 4.72. The number of hydrogen-bond donors (Lipinski definition) is 3. The summed E-state index contributed by atoms with van der Waals surface area (Å²) in [5.74, 6) is 0. The minimum atomic E-state index is -0.504. The van der Waals surface area contributed by atoms with E-state index in [1.165, 1.54) is 9.79 Å². The molecule has 116 valence electrons. The van der Waals surface area contributed by atoms with E-state index in [9.17, 15) is 5.11 Å². The van der Waals surface area contributed by atoms with Crippen molar-refractivity contribution in [3.05, 3.63) is 48.5 Å². The van der Waals surface area contributed by atoms with Crippen LogP contribution >= 0.6 is 11.8 Å². The smallest absolute Gasteiger partial charge is 0.0843 e. The number of nitrogens with zero attached hydrogens (tertiary/aromatic N) is 1. The van der Waals surface area contributed by atoms with Gasteiger partial charge in [0.15, 0.2) is 0 Å². The van der Waals surface area contributed by atoms with Crippen LogP contribution < -0.4 is 10.2 Å². The largest absolute Gasteiger partial charge is 0.395 e. The first-order chi connectivity index (χ1) is 10.8. The van der Waals surface area contributed by atoms with Gasteiger partial charge in [0.2, 0.25) is 0 Å². The fourth-order valence-electron chi connectivity index (χ4n) is 2.60. The Morgan fingerprint density at radius 2 is 1.59 bits per heavy atom. The third kappa shape index (κ3) is 3.28. The van der Waals surface area contributed by atoms with Gasteiger partial charge in [0.1, 0.15) is 0 Å². The molecule has 22 heavy (non-hydrogen) atoms. The number of para-hydroxylation sites is 2. The highest BCUT2D eigenvalue weighted by Gasteiger charge is 2.24. The van der Waals surface area contributed by atoms with Crippen LogP contribution in [0.3, 0.4) is 0 Å². The molecule has 0 saturated heterocycles.